The molecule has 10 heteroatoms. The quantitative estimate of drug-likeness (QED) is 0.365. The fourth-order valence-electron chi connectivity index (χ4n) is 3.14. The molecule has 0 aliphatic rings. The first-order chi connectivity index (χ1) is 15.0. The zero-order valence-corrected chi connectivity index (χ0v) is 16.1. The van der Waals surface area contributed by atoms with Gasteiger partial charge in [0, 0.05) is 30.3 Å². The Morgan fingerprint density at radius 3 is 2.16 bits per heavy atom. The molecule has 0 fully saturated rings. The van der Waals surface area contributed by atoms with Crippen molar-refractivity contribution in [1.29, 1.82) is 5.26 Å². The third kappa shape index (κ3) is 5.11. The van der Waals surface area contributed by atoms with E-state index in [1.165, 1.54) is 12.1 Å². The minimum absolute atomic E-state index is 0.0462. The SMILES string of the molecule is N#Cc1ccc(C(=O)C[C@@H](c2ccc(C(F)(F)F)cc2)c2ncccc2C(F)(F)F)cn1. The Balaban J connectivity index is 2.06. The minimum atomic E-state index is -4.78. The van der Waals surface area contributed by atoms with Crippen molar-refractivity contribution in [1.82, 2.24) is 9.97 Å². The molecule has 0 spiro atoms. The standard InChI is InChI=1S/C22H13F6N3O/c23-21(24,25)15-6-3-13(4-7-15)17(20-18(22(26,27)28)2-1-9-30-20)10-19(32)14-5-8-16(11-29)31-12-14/h1-9,12,17H,10H2/t17-/m0/s1. The van der Waals surface area contributed by atoms with Gasteiger partial charge in [-0.25, -0.2) is 4.98 Å². The molecule has 0 saturated carbocycles. The summed E-state index contributed by atoms with van der Waals surface area (Å²) in [5.74, 6) is -1.87. The van der Waals surface area contributed by atoms with Crippen molar-refractivity contribution in [3.05, 3.63) is 94.6 Å². The number of carbonyl (C=O) groups excluding carboxylic acids is 1. The number of pyridine rings is 2. The van der Waals surface area contributed by atoms with E-state index in [9.17, 15) is 31.1 Å². The number of carbonyl (C=O) groups is 1. The fraction of sp³-hybridized carbons (Fsp3) is 0.182. The average Bonchev–Trinajstić information content (AvgIpc) is 2.76. The van der Waals surface area contributed by atoms with Gasteiger partial charge in [-0.15, -0.1) is 0 Å². The molecule has 0 saturated heterocycles. The molecule has 3 rings (SSSR count). The number of halogens is 6. The molecule has 3 aromatic rings. The van der Waals surface area contributed by atoms with Crippen molar-refractivity contribution in [3.63, 3.8) is 0 Å². The largest absolute Gasteiger partial charge is 0.418 e. The number of hydrogen-bond donors (Lipinski definition) is 0. The Morgan fingerprint density at radius 1 is 0.938 bits per heavy atom. The van der Waals surface area contributed by atoms with E-state index in [1.54, 1.807) is 6.07 Å². The Kier molecular flexibility index (Phi) is 6.30. The third-order valence-electron chi connectivity index (χ3n) is 4.70. The molecule has 164 valence electrons. The van der Waals surface area contributed by atoms with E-state index in [0.29, 0.717) is 0 Å². The number of benzene rings is 1. The van der Waals surface area contributed by atoms with Crippen LogP contribution in [0.1, 0.15) is 50.8 Å². The van der Waals surface area contributed by atoms with Gasteiger partial charge in [-0.1, -0.05) is 12.1 Å². The van der Waals surface area contributed by atoms with Gasteiger partial charge in [-0.05, 0) is 42.0 Å². The van der Waals surface area contributed by atoms with Gasteiger partial charge in [0.2, 0.25) is 0 Å². The number of aromatic nitrogens is 2. The first-order valence-corrected chi connectivity index (χ1v) is 9.09. The van der Waals surface area contributed by atoms with Crippen LogP contribution in [0, 0.1) is 11.3 Å². The number of hydrogen-bond acceptors (Lipinski definition) is 4. The molecule has 0 bridgehead atoms. The summed E-state index contributed by atoms with van der Waals surface area (Å²) in [4.78, 5) is 20.4. The summed E-state index contributed by atoms with van der Waals surface area (Å²) >= 11 is 0. The van der Waals surface area contributed by atoms with Gasteiger partial charge in [-0.2, -0.15) is 31.6 Å². The number of nitriles is 1. The maximum Gasteiger partial charge on any atom is 0.418 e. The molecule has 0 aliphatic heterocycles. The molecule has 2 heterocycles. The number of ketones is 1. The summed E-state index contributed by atoms with van der Waals surface area (Å²) in [6.45, 7) is 0. The molecule has 32 heavy (non-hydrogen) atoms. The second kappa shape index (κ2) is 8.78. The summed E-state index contributed by atoms with van der Waals surface area (Å²) in [5, 5.41) is 8.80. The van der Waals surface area contributed by atoms with E-state index in [4.69, 9.17) is 5.26 Å². The van der Waals surface area contributed by atoms with Crippen LogP contribution in [-0.4, -0.2) is 15.8 Å². The topological polar surface area (TPSA) is 66.6 Å². The predicted octanol–water partition coefficient (Wildman–Crippen LogP) is 5.79. The molecule has 0 unspecified atom stereocenters. The summed E-state index contributed by atoms with van der Waals surface area (Å²) in [7, 11) is 0. The Bertz CT molecular complexity index is 1150. The minimum Gasteiger partial charge on any atom is -0.294 e. The van der Waals surface area contributed by atoms with E-state index in [1.807, 2.05) is 0 Å². The first-order valence-electron chi connectivity index (χ1n) is 9.09. The monoisotopic (exact) mass is 449 g/mol. The van der Waals surface area contributed by atoms with Crippen LogP contribution in [0.2, 0.25) is 0 Å². The van der Waals surface area contributed by atoms with Crippen LogP contribution in [0.25, 0.3) is 0 Å². The summed E-state index contributed by atoms with van der Waals surface area (Å²) < 4.78 is 79.5. The van der Waals surface area contributed by atoms with Crippen LogP contribution in [0.3, 0.4) is 0 Å². The van der Waals surface area contributed by atoms with Gasteiger partial charge in [0.15, 0.2) is 5.78 Å². The van der Waals surface area contributed by atoms with Crippen LogP contribution in [0.5, 0.6) is 0 Å². The first kappa shape index (κ1) is 22.9. The predicted molar refractivity (Wildman–Crippen MR) is 100 cm³/mol. The smallest absolute Gasteiger partial charge is 0.294 e. The van der Waals surface area contributed by atoms with Gasteiger partial charge in [-0.3, -0.25) is 9.78 Å². The van der Waals surface area contributed by atoms with Crippen molar-refractivity contribution in [2.24, 2.45) is 0 Å². The average molecular weight is 449 g/mol. The molecule has 1 atom stereocenters. The molecule has 1 aromatic carbocycles. The van der Waals surface area contributed by atoms with E-state index in [-0.39, 0.29) is 16.8 Å². The summed E-state index contributed by atoms with van der Waals surface area (Å²) in [6, 6.07) is 9.80. The normalized spacial score (nSPS) is 12.8. The lowest BCUT2D eigenvalue weighted by Crippen LogP contribution is -2.17. The van der Waals surface area contributed by atoms with Crippen LogP contribution in [-0.2, 0) is 12.4 Å². The molecule has 2 aromatic heterocycles. The maximum atomic E-state index is 13.6. The van der Waals surface area contributed by atoms with Crippen LogP contribution in [0.15, 0.2) is 60.9 Å². The lowest BCUT2D eigenvalue weighted by atomic mass is 9.86. The molecule has 0 radical (unpaired) electrons. The maximum absolute atomic E-state index is 13.6. The van der Waals surface area contributed by atoms with Gasteiger partial charge in [0.25, 0.3) is 0 Å². The van der Waals surface area contributed by atoms with E-state index in [0.717, 1.165) is 48.8 Å². The van der Waals surface area contributed by atoms with Crippen molar-refractivity contribution >= 4 is 5.78 Å². The second-order valence-corrected chi connectivity index (χ2v) is 6.78. The highest BCUT2D eigenvalue weighted by molar-refractivity contribution is 5.96. The molecule has 0 N–H and O–H groups in total. The third-order valence-corrected chi connectivity index (χ3v) is 4.70. The highest BCUT2D eigenvalue weighted by atomic mass is 19.4. The highest BCUT2D eigenvalue weighted by Crippen LogP contribution is 2.39. The lowest BCUT2D eigenvalue weighted by Gasteiger charge is -2.21. The van der Waals surface area contributed by atoms with Gasteiger partial charge < -0.3 is 0 Å². The van der Waals surface area contributed by atoms with Gasteiger partial charge >= 0.3 is 12.4 Å². The Morgan fingerprint density at radius 2 is 1.62 bits per heavy atom. The van der Waals surface area contributed by atoms with Crippen molar-refractivity contribution < 1.29 is 31.1 Å². The summed E-state index contributed by atoms with van der Waals surface area (Å²) in [5.41, 5.74) is -2.38. The molecular formula is C22H13F6N3O. The molecule has 4 nitrogen and oxygen atoms in total. The van der Waals surface area contributed by atoms with Crippen molar-refractivity contribution in [3.8, 4) is 6.07 Å². The number of rotatable bonds is 5. The second-order valence-electron chi connectivity index (χ2n) is 6.78. The van der Waals surface area contributed by atoms with Crippen LogP contribution < -0.4 is 0 Å². The zero-order valence-electron chi connectivity index (χ0n) is 16.1. The van der Waals surface area contributed by atoms with E-state index >= 15 is 0 Å². The molecular weight excluding hydrogens is 436 g/mol. The van der Waals surface area contributed by atoms with Crippen molar-refractivity contribution in [2.75, 3.05) is 0 Å². The molecule has 0 aliphatic carbocycles. The van der Waals surface area contributed by atoms with E-state index in [2.05, 4.69) is 9.97 Å². The van der Waals surface area contributed by atoms with Crippen LogP contribution in [0.4, 0.5) is 26.3 Å². The Labute approximate surface area is 178 Å². The van der Waals surface area contributed by atoms with Gasteiger partial charge in [0.05, 0.1) is 16.8 Å². The van der Waals surface area contributed by atoms with Crippen LogP contribution >= 0.6 is 0 Å². The van der Waals surface area contributed by atoms with Crippen molar-refractivity contribution in [2.45, 2.75) is 24.7 Å². The fourth-order valence-corrected chi connectivity index (χ4v) is 3.14. The number of alkyl halides is 6. The van der Waals surface area contributed by atoms with Gasteiger partial charge in [0.1, 0.15) is 11.8 Å². The van der Waals surface area contributed by atoms with E-state index < -0.39 is 47.3 Å². The highest BCUT2D eigenvalue weighted by Gasteiger charge is 2.37. The molecule has 0 amide bonds. The number of Topliss-reactive ketones (excluding diaryl/α,β-unsaturated/α-hetero) is 1. The Hall–Kier alpha value is -3.74. The summed E-state index contributed by atoms with van der Waals surface area (Å²) in [6.07, 6.45) is -7.67. The lowest BCUT2D eigenvalue weighted by molar-refractivity contribution is -0.139. The zero-order chi connectivity index (χ0) is 23.5. The number of nitrogens with zero attached hydrogens (tertiary/aromatic N) is 3.